The average molecular weight is 199 g/mol. The Morgan fingerprint density at radius 2 is 1.93 bits per heavy atom. The Kier molecular flexibility index (Phi) is 3.75. The van der Waals surface area contributed by atoms with Crippen LogP contribution in [-0.4, -0.2) is 54.6 Å². The number of piperazine rings is 1. The van der Waals surface area contributed by atoms with Crippen molar-refractivity contribution in [3.63, 3.8) is 0 Å². The number of hydrogen-bond acceptors (Lipinski definition) is 2. The lowest BCUT2D eigenvalue weighted by atomic mass is 10.1. The van der Waals surface area contributed by atoms with E-state index in [9.17, 15) is 4.79 Å². The second-order valence-corrected chi connectivity index (χ2v) is 4.06. The number of carbonyl (C=O) groups is 1. The molecule has 1 N–H and O–H groups in total. The summed E-state index contributed by atoms with van der Waals surface area (Å²) in [7, 11) is 1.85. The summed E-state index contributed by atoms with van der Waals surface area (Å²) in [6.45, 7) is 8.73. The highest BCUT2D eigenvalue weighted by atomic mass is 16.2. The summed E-state index contributed by atoms with van der Waals surface area (Å²) >= 11 is 0. The Bertz CT molecular complexity index is 198. The number of carbonyl (C=O) groups excluding carboxylic acids is 1. The van der Waals surface area contributed by atoms with Crippen LogP contribution in [0.3, 0.4) is 0 Å². The van der Waals surface area contributed by atoms with Crippen LogP contribution in [0.5, 0.6) is 0 Å². The molecule has 4 nitrogen and oxygen atoms in total. The van der Waals surface area contributed by atoms with Crippen LogP contribution < -0.4 is 5.32 Å². The predicted molar refractivity (Wildman–Crippen MR) is 57.3 cm³/mol. The molecule has 0 spiro atoms. The van der Waals surface area contributed by atoms with Gasteiger partial charge in [0.1, 0.15) is 0 Å². The van der Waals surface area contributed by atoms with Crippen LogP contribution >= 0.6 is 0 Å². The lowest BCUT2D eigenvalue weighted by molar-refractivity contribution is 0.107. The van der Waals surface area contributed by atoms with E-state index in [1.165, 1.54) is 0 Å². The van der Waals surface area contributed by atoms with Crippen molar-refractivity contribution < 1.29 is 4.79 Å². The summed E-state index contributed by atoms with van der Waals surface area (Å²) in [4.78, 5) is 15.7. The zero-order chi connectivity index (χ0) is 10.7. The van der Waals surface area contributed by atoms with Gasteiger partial charge in [-0.1, -0.05) is 0 Å². The van der Waals surface area contributed by atoms with Crippen LogP contribution in [0.4, 0.5) is 4.79 Å². The topological polar surface area (TPSA) is 35.6 Å². The van der Waals surface area contributed by atoms with Gasteiger partial charge in [0.2, 0.25) is 0 Å². The first-order valence-electron chi connectivity index (χ1n) is 5.32. The number of hydrogen-bond donors (Lipinski definition) is 1. The second-order valence-electron chi connectivity index (χ2n) is 4.06. The van der Waals surface area contributed by atoms with Gasteiger partial charge in [-0.05, 0) is 20.8 Å². The Labute approximate surface area is 86.2 Å². The van der Waals surface area contributed by atoms with Crippen molar-refractivity contribution in [1.29, 1.82) is 0 Å². The zero-order valence-corrected chi connectivity index (χ0v) is 9.58. The molecule has 0 aromatic rings. The first-order valence-corrected chi connectivity index (χ1v) is 5.32. The molecular weight excluding hydrogens is 178 g/mol. The van der Waals surface area contributed by atoms with Crippen LogP contribution in [-0.2, 0) is 0 Å². The van der Waals surface area contributed by atoms with Crippen LogP contribution in [0, 0.1) is 0 Å². The SMILES string of the molecule is CCN(C)C(=O)N1C(C)CNCC1C. The van der Waals surface area contributed by atoms with E-state index in [1.54, 1.807) is 4.90 Å². The summed E-state index contributed by atoms with van der Waals surface area (Å²) in [6.07, 6.45) is 0. The van der Waals surface area contributed by atoms with Crippen LogP contribution in [0.15, 0.2) is 0 Å². The first-order chi connectivity index (χ1) is 6.57. The molecule has 2 amide bonds. The number of urea groups is 1. The normalized spacial score (nSPS) is 27.6. The fourth-order valence-corrected chi connectivity index (χ4v) is 1.84. The predicted octanol–water partition coefficient (Wildman–Crippen LogP) is 0.740. The lowest BCUT2D eigenvalue weighted by Crippen LogP contribution is -2.59. The molecule has 14 heavy (non-hydrogen) atoms. The summed E-state index contributed by atoms with van der Waals surface area (Å²) in [5.41, 5.74) is 0. The molecule has 1 aliphatic heterocycles. The Morgan fingerprint density at radius 3 is 2.36 bits per heavy atom. The summed E-state index contributed by atoms with van der Waals surface area (Å²) < 4.78 is 0. The highest BCUT2D eigenvalue weighted by molar-refractivity contribution is 5.75. The third kappa shape index (κ3) is 2.18. The molecule has 0 aliphatic carbocycles. The van der Waals surface area contributed by atoms with Crippen molar-refractivity contribution in [2.24, 2.45) is 0 Å². The fourth-order valence-electron chi connectivity index (χ4n) is 1.84. The molecule has 2 unspecified atom stereocenters. The Morgan fingerprint density at radius 1 is 1.43 bits per heavy atom. The van der Waals surface area contributed by atoms with Crippen molar-refractivity contribution in [2.45, 2.75) is 32.9 Å². The molecule has 4 heteroatoms. The highest BCUT2D eigenvalue weighted by Gasteiger charge is 2.30. The molecule has 1 saturated heterocycles. The van der Waals surface area contributed by atoms with Gasteiger partial charge in [0.15, 0.2) is 0 Å². The van der Waals surface area contributed by atoms with Gasteiger partial charge in [0.25, 0.3) is 0 Å². The minimum absolute atomic E-state index is 0.147. The third-order valence-corrected chi connectivity index (χ3v) is 2.85. The third-order valence-electron chi connectivity index (χ3n) is 2.85. The maximum atomic E-state index is 12.0. The maximum Gasteiger partial charge on any atom is 0.320 e. The minimum atomic E-state index is 0.147. The number of rotatable bonds is 1. The highest BCUT2D eigenvalue weighted by Crippen LogP contribution is 2.11. The van der Waals surface area contributed by atoms with Crippen molar-refractivity contribution in [1.82, 2.24) is 15.1 Å². The van der Waals surface area contributed by atoms with E-state index in [4.69, 9.17) is 0 Å². The molecular formula is C10H21N3O. The molecule has 2 atom stereocenters. The Balaban J connectivity index is 2.67. The summed E-state index contributed by atoms with van der Waals surface area (Å²) in [5.74, 6) is 0. The van der Waals surface area contributed by atoms with Gasteiger partial charge in [-0.25, -0.2) is 4.79 Å². The number of amides is 2. The molecule has 0 aromatic carbocycles. The maximum absolute atomic E-state index is 12.0. The summed E-state index contributed by atoms with van der Waals surface area (Å²) in [5, 5.41) is 3.31. The van der Waals surface area contributed by atoms with Gasteiger partial charge in [-0.15, -0.1) is 0 Å². The largest absolute Gasteiger partial charge is 0.328 e. The van der Waals surface area contributed by atoms with Gasteiger partial charge < -0.3 is 15.1 Å². The smallest absolute Gasteiger partial charge is 0.320 e. The second kappa shape index (κ2) is 4.64. The molecule has 0 saturated carbocycles. The van der Waals surface area contributed by atoms with Crippen LogP contribution in [0.1, 0.15) is 20.8 Å². The van der Waals surface area contributed by atoms with E-state index >= 15 is 0 Å². The van der Waals surface area contributed by atoms with Crippen molar-refractivity contribution in [2.75, 3.05) is 26.7 Å². The minimum Gasteiger partial charge on any atom is -0.328 e. The fraction of sp³-hybridized carbons (Fsp3) is 0.900. The molecule has 1 aliphatic rings. The van der Waals surface area contributed by atoms with Gasteiger partial charge >= 0.3 is 6.03 Å². The molecule has 1 fully saturated rings. The number of nitrogens with one attached hydrogen (secondary N) is 1. The molecule has 0 radical (unpaired) electrons. The zero-order valence-electron chi connectivity index (χ0n) is 9.58. The quantitative estimate of drug-likeness (QED) is 0.676. The number of nitrogens with zero attached hydrogens (tertiary/aromatic N) is 2. The Hall–Kier alpha value is -0.770. The average Bonchev–Trinajstić information content (AvgIpc) is 2.16. The lowest BCUT2D eigenvalue weighted by Gasteiger charge is -2.41. The molecule has 1 rings (SSSR count). The molecule has 0 bridgehead atoms. The van der Waals surface area contributed by atoms with Crippen LogP contribution in [0.25, 0.3) is 0 Å². The van der Waals surface area contributed by atoms with Crippen LogP contribution in [0.2, 0.25) is 0 Å². The van der Waals surface area contributed by atoms with Gasteiger partial charge in [-0.2, -0.15) is 0 Å². The standard InChI is InChI=1S/C10H21N3O/c1-5-12(4)10(14)13-8(2)6-11-7-9(13)3/h8-9,11H,5-7H2,1-4H3. The van der Waals surface area contributed by atoms with Crippen molar-refractivity contribution in [3.05, 3.63) is 0 Å². The van der Waals surface area contributed by atoms with E-state index in [2.05, 4.69) is 19.2 Å². The molecule has 0 aromatic heterocycles. The first kappa shape index (κ1) is 11.3. The molecule has 1 heterocycles. The van der Waals surface area contributed by atoms with Crippen molar-refractivity contribution in [3.8, 4) is 0 Å². The van der Waals surface area contributed by atoms with Gasteiger partial charge in [0, 0.05) is 38.8 Å². The van der Waals surface area contributed by atoms with E-state index < -0.39 is 0 Å². The van der Waals surface area contributed by atoms with Crippen molar-refractivity contribution >= 4 is 6.03 Å². The van der Waals surface area contributed by atoms with E-state index in [1.807, 2.05) is 18.9 Å². The van der Waals surface area contributed by atoms with E-state index in [0.717, 1.165) is 19.6 Å². The van der Waals surface area contributed by atoms with Gasteiger partial charge in [-0.3, -0.25) is 0 Å². The van der Waals surface area contributed by atoms with E-state index in [-0.39, 0.29) is 6.03 Å². The summed E-state index contributed by atoms with van der Waals surface area (Å²) in [6, 6.07) is 0.731. The van der Waals surface area contributed by atoms with E-state index in [0.29, 0.717) is 12.1 Å². The van der Waals surface area contributed by atoms with Gasteiger partial charge in [0.05, 0.1) is 0 Å². The molecule has 82 valence electrons. The monoisotopic (exact) mass is 199 g/mol.